The molecule has 68 valence electrons. The predicted molar refractivity (Wildman–Crippen MR) is 55.3 cm³/mol. The van der Waals surface area contributed by atoms with Crippen molar-refractivity contribution in [2.24, 2.45) is 5.92 Å². The van der Waals surface area contributed by atoms with Crippen LogP contribution >= 0.6 is 11.6 Å². The molecule has 3 aliphatic rings. The van der Waals surface area contributed by atoms with Gasteiger partial charge in [-0.25, -0.2) is 0 Å². The van der Waals surface area contributed by atoms with E-state index in [-0.39, 0.29) is 0 Å². The average Bonchev–Trinajstić information content (AvgIpc) is 2.62. The normalized spacial score (nSPS) is 30.4. The molecule has 1 nitrogen and oxygen atoms in total. The molecule has 0 unspecified atom stereocenters. The average molecular weight is 194 g/mol. The monoisotopic (exact) mass is 193 g/mol. The van der Waals surface area contributed by atoms with E-state index in [1.165, 1.54) is 25.1 Å². The maximum Gasteiger partial charge on any atom is 0.0407 e. The molecule has 2 aliphatic heterocycles. The summed E-state index contributed by atoms with van der Waals surface area (Å²) in [5.41, 5.74) is 1.34. The summed E-state index contributed by atoms with van der Waals surface area (Å²) >= 11 is 5.85. The zero-order valence-corrected chi connectivity index (χ0v) is 8.17. The van der Waals surface area contributed by atoms with E-state index in [4.69, 9.17) is 11.6 Å². The van der Waals surface area contributed by atoms with Crippen LogP contribution in [0.4, 0.5) is 5.69 Å². The van der Waals surface area contributed by atoms with Gasteiger partial charge in [0.1, 0.15) is 0 Å². The minimum Gasteiger partial charge on any atom is -0.368 e. The Bertz CT molecular complexity index is 313. The highest BCUT2D eigenvalue weighted by Gasteiger charge is 2.42. The lowest BCUT2D eigenvalue weighted by Gasteiger charge is -2.27. The lowest BCUT2D eigenvalue weighted by atomic mass is 9.86. The highest BCUT2D eigenvalue weighted by molar-refractivity contribution is 6.30. The van der Waals surface area contributed by atoms with Crippen LogP contribution in [0.3, 0.4) is 0 Å². The molecule has 1 saturated carbocycles. The van der Waals surface area contributed by atoms with Gasteiger partial charge in [0.15, 0.2) is 0 Å². The van der Waals surface area contributed by atoms with Crippen molar-refractivity contribution in [3.8, 4) is 0 Å². The third kappa shape index (κ3) is 1.14. The smallest absolute Gasteiger partial charge is 0.0407 e. The fourth-order valence-corrected chi connectivity index (χ4v) is 2.61. The number of rotatable bonds is 1. The summed E-state index contributed by atoms with van der Waals surface area (Å²) in [5, 5.41) is 0.829. The summed E-state index contributed by atoms with van der Waals surface area (Å²) in [6.45, 7) is 1.26. The number of benzene rings is 1. The molecule has 4 rings (SSSR count). The van der Waals surface area contributed by atoms with Crippen LogP contribution in [0.2, 0.25) is 5.02 Å². The van der Waals surface area contributed by atoms with Gasteiger partial charge < -0.3 is 4.90 Å². The molecule has 0 N–H and O–H groups in total. The Morgan fingerprint density at radius 2 is 1.85 bits per heavy atom. The van der Waals surface area contributed by atoms with Crippen molar-refractivity contribution in [2.45, 2.75) is 18.9 Å². The van der Waals surface area contributed by atoms with Gasteiger partial charge in [0.2, 0.25) is 0 Å². The van der Waals surface area contributed by atoms with Gasteiger partial charge in [-0.3, -0.25) is 0 Å². The van der Waals surface area contributed by atoms with Crippen LogP contribution in [0, 0.1) is 5.92 Å². The Labute approximate surface area is 83.3 Å². The van der Waals surface area contributed by atoms with E-state index in [9.17, 15) is 0 Å². The van der Waals surface area contributed by atoms with Gasteiger partial charge in [-0.2, -0.15) is 0 Å². The summed E-state index contributed by atoms with van der Waals surface area (Å²) in [5.74, 6) is 0.973. The van der Waals surface area contributed by atoms with E-state index in [0.717, 1.165) is 17.0 Å². The number of halogens is 1. The topological polar surface area (TPSA) is 3.24 Å². The molecule has 1 aromatic rings. The number of anilines is 1. The molecule has 2 saturated heterocycles. The fourth-order valence-electron chi connectivity index (χ4n) is 2.48. The zero-order chi connectivity index (χ0) is 8.84. The summed E-state index contributed by atoms with van der Waals surface area (Å²) in [6.07, 6.45) is 2.81. The highest BCUT2D eigenvalue weighted by atomic mass is 35.5. The van der Waals surface area contributed by atoms with Gasteiger partial charge in [0.05, 0.1) is 0 Å². The van der Waals surface area contributed by atoms with E-state index in [0.29, 0.717) is 0 Å². The molecule has 13 heavy (non-hydrogen) atoms. The number of nitrogens with zero attached hydrogens (tertiary/aromatic N) is 1. The third-order valence-corrected chi connectivity index (χ3v) is 3.52. The van der Waals surface area contributed by atoms with Gasteiger partial charge in [0.25, 0.3) is 0 Å². The van der Waals surface area contributed by atoms with Gasteiger partial charge in [-0.1, -0.05) is 11.6 Å². The molecule has 0 spiro atoms. The summed E-state index contributed by atoms with van der Waals surface area (Å²) < 4.78 is 0. The Hall–Kier alpha value is -0.690. The van der Waals surface area contributed by atoms with Crippen LogP contribution in [0.5, 0.6) is 0 Å². The largest absolute Gasteiger partial charge is 0.368 e. The SMILES string of the molecule is Clc1ccc(N2CC3CC2C3)cc1. The summed E-state index contributed by atoms with van der Waals surface area (Å²) in [4.78, 5) is 2.51. The van der Waals surface area contributed by atoms with Crippen LogP contribution in [0.25, 0.3) is 0 Å². The van der Waals surface area contributed by atoms with Crippen molar-refractivity contribution in [1.82, 2.24) is 0 Å². The molecule has 0 amide bonds. The second-order valence-electron chi connectivity index (χ2n) is 4.12. The highest BCUT2D eigenvalue weighted by Crippen LogP contribution is 2.43. The third-order valence-electron chi connectivity index (χ3n) is 3.26. The van der Waals surface area contributed by atoms with Crippen molar-refractivity contribution in [3.05, 3.63) is 29.3 Å². The molecule has 0 atom stereocenters. The molecule has 3 fully saturated rings. The molecule has 1 aromatic carbocycles. The lowest BCUT2D eigenvalue weighted by molar-refractivity contribution is 0.381. The number of hydrogen-bond acceptors (Lipinski definition) is 1. The van der Waals surface area contributed by atoms with Gasteiger partial charge in [-0.15, -0.1) is 0 Å². The van der Waals surface area contributed by atoms with E-state index in [2.05, 4.69) is 17.0 Å². The van der Waals surface area contributed by atoms with Crippen molar-refractivity contribution in [3.63, 3.8) is 0 Å². The van der Waals surface area contributed by atoms with Crippen molar-refractivity contribution in [2.75, 3.05) is 11.4 Å². The van der Waals surface area contributed by atoms with Crippen LogP contribution in [0.1, 0.15) is 12.8 Å². The Morgan fingerprint density at radius 3 is 2.38 bits per heavy atom. The maximum absolute atomic E-state index is 5.85. The van der Waals surface area contributed by atoms with Crippen LogP contribution in [-0.4, -0.2) is 12.6 Å². The van der Waals surface area contributed by atoms with E-state index in [1.807, 2.05) is 12.1 Å². The van der Waals surface area contributed by atoms with Crippen molar-refractivity contribution >= 4 is 17.3 Å². The molecular weight excluding hydrogens is 182 g/mol. The molecule has 0 radical (unpaired) electrons. The number of hydrogen-bond donors (Lipinski definition) is 0. The Morgan fingerprint density at radius 1 is 1.15 bits per heavy atom. The first-order valence-electron chi connectivity index (χ1n) is 4.85. The first kappa shape index (κ1) is 7.69. The lowest BCUT2D eigenvalue weighted by Crippen LogP contribution is -2.28. The zero-order valence-electron chi connectivity index (χ0n) is 7.41. The van der Waals surface area contributed by atoms with E-state index < -0.39 is 0 Å². The molecule has 1 aliphatic carbocycles. The second kappa shape index (κ2) is 2.65. The first-order valence-corrected chi connectivity index (χ1v) is 5.23. The van der Waals surface area contributed by atoms with Crippen molar-refractivity contribution in [1.29, 1.82) is 0 Å². The van der Waals surface area contributed by atoms with Crippen molar-refractivity contribution < 1.29 is 0 Å². The fraction of sp³-hybridized carbons (Fsp3) is 0.455. The van der Waals surface area contributed by atoms with Crippen LogP contribution in [0.15, 0.2) is 24.3 Å². The summed E-state index contributed by atoms with van der Waals surface area (Å²) in [6, 6.07) is 9.04. The van der Waals surface area contributed by atoms with Crippen LogP contribution in [-0.2, 0) is 0 Å². The number of fused-ring (bicyclic) bond motifs is 1. The molecule has 2 bridgehead atoms. The second-order valence-corrected chi connectivity index (χ2v) is 4.56. The van der Waals surface area contributed by atoms with Gasteiger partial charge in [-0.05, 0) is 43.0 Å². The molecule has 2 heteroatoms. The minimum atomic E-state index is 0.825. The Balaban J connectivity index is 1.88. The quantitative estimate of drug-likeness (QED) is 0.663. The Kier molecular flexibility index (Phi) is 1.57. The standard InChI is InChI=1S/C11H12ClN/c12-9-1-3-10(4-2-9)13-7-8-5-11(13)6-8/h1-4,8,11H,5-7H2. The predicted octanol–water partition coefficient (Wildman–Crippen LogP) is 2.94. The molecule has 2 heterocycles. The van der Waals surface area contributed by atoms with Crippen LogP contribution < -0.4 is 4.90 Å². The molecule has 0 aromatic heterocycles. The first-order chi connectivity index (χ1) is 6.33. The van der Waals surface area contributed by atoms with Gasteiger partial charge >= 0.3 is 0 Å². The molecular formula is C11H12ClN. The maximum atomic E-state index is 5.85. The van der Waals surface area contributed by atoms with E-state index in [1.54, 1.807) is 0 Å². The minimum absolute atomic E-state index is 0.825. The van der Waals surface area contributed by atoms with E-state index >= 15 is 0 Å². The summed E-state index contributed by atoms with van der Waals surface area (Å²) in [7, 11) is 0. The van der Waals surface area contributed by atoms with Gasteiger partial charge in [0, 0.05) is 23.3 Å².